The van der Waals surface area contributed by atoms with E-state index in [1.165, 1.54) is 5.56 Å². The van der Waals surface area contributed by atoms with Gasteiger partial charge in [0.2, 0.25) is 5.91 Å². The highest BCUT2D eigenvalue weighted by atomic mass is 35.5. The molecule has 51 heavy (non-hydrogen) atoms. The van der Waals surface area contributed by atoms with Gasteiger partial charge in [0, 0.05) is 61.2 Å². The van der Waals surface area contributed by atoms with Gasteiger partial charge in [-0.25, -0.2) is 0 Å². The van der Waals surface area contributed by atoms with E-state index in [2.05, 4.69) is 32.3 Å². The van der Waals surface area contributed by atoms with E-state index in [-0.39, 0.29) is 34.2 Å². The van der Waals surface area contributed by atoms with Crippen LogP contribution < -0.4 is 32.2 Å². The van der Waals surface area contributed by atoms with Crippen molar-refractivity contribution in [2.24, 2.45) is 17.2 Å². The van der Waals surface area contributed by atoms with E-state index >= 15 is 0 Å². The Morgan fingerprint density at radius 3 is 2.51 bits per heavy atom. The van der Waals surface area contributed by atoms with Crippen molar-refractivity contribution in [1.82, 2.24) is 20.0 Å². The largest absolute Gasteiger partial charge is 0.506 e. The second kappa shape index (κ2) is 16.1. The maximum absolute atomic E-state index is 12.8. The number of nitrogens with two attached hydrogens (primary N) is 3. The minimum absolute atomic E-state index is 0.0802. The third kappa shape index (κ3) is 7.82. The highest BCUT2D eigenvalue weighted by molar-refractivity contribution is 6.32. The van der Waals surface area contributed by atoms with Crippen molar-refractivity contribution in [3.8, 4) is 11.5 Å². The highest BCUT2D eigenvalue weighted by Crippen LogP contribution is 2.45. The summed E-state index contributed by atoms with van der Waals surface area (Å²) in [4.78, 5) is 28.7. The van der Waals surface area contributed by atoms with Gasteiger partial charge in [0.05, 0.1) is 29.5 Å². The average molecular weight is 717 g/mol. The second-order valence-corrected chi connectivity index (χ2v) is 14.1. The summed E-state index contributed by atoms with van der Waals surface area (Å²) in [5.74, 6) is 1.21. The SMILES string of the molecule is CNC(=O)C(CCC=O)N1CCOc2c1cccc2[C@H]1CC[C@@H](N2CCC(n3cc(C(/C=C(\N)c4cccc(Cl)c4O)=C(N)N)cn3)CC2)CC1. The number of phenols is 1. The minimum Gasteiger partial charge on any atom is -0.506 e. The molecule has 3 heterocycles. The zero-order valence-corrected chi connectivity index (χ0v) is 29.9. The molecular weight excluding hydrogens is 668 g/mol. The molecule has 3 aliphatic rings. The third-order valence-electron chi connectivity index (χ3n) is 10.7. The van der Waals surface area contributed by atoms with Crippen molar-refractivity contribution >= 4 is 40.8 Å². The first-order valence-electron chi connectivity index (χ1n) is 17.9. The van der Waals surface area contributed by atoms with Crippen molar-refractivity contribution in [2.45, 2.75) is 75.4 Å². The van der Waals surface area contributed by atoms with Gasteiger partial charge < -0.3 is 47.0 Å². The molecule has 1 saturated carbocycles. The molecule has 1 atom stereocenters. The summed E-state index contributed by atoms with van der Waals surface area (Å²) in [6.45, 7) is 3.11. The number of nitrogens with one attached hydrogen (secondary N) is 1. The predicted octanol–water partition coefficient (Wildman–Crippen LogP) is 4.48. The molecule has 1 amide bonds. The number of likely N-dealkylation sites (N-methyl/N-ethyl adjacent to an activating group) is 1. The Morgan fingerprint density at radius 2 is 1.80 bits per heavy atom. The van der Waals surface area contributed by atoms with Gasteiger partial charge in [-0.15, -0.1) is 0 Å². The molecule has 2 fully saturated rings. The van der Waals surface area contributed by atoms with Crippen LogP contribution in [0.2, 0.25) is 5.02 Å². The van der Waals surface area contributed by atoms with Crippen LogP contribution in [0.15, 0.2) is 60.7 Å². The molecule has 8 N–H and O–H groups in total. The number of likely N-dealkylation sites (tertiary alicyclic amines) is 1. The molecule has 12 nitrogen and oxygen atoms in total. The van der Waals surface area contributed by atoms with Crippen LogP contribution in [0.25, 0.3) is 11.3 Å². The van der Waals surface area contributed by atoms with Crippen LogP contribution in [-0.2, 0) is 9.59 Å². The number of halogens is 1. The van der Waals surface area contributed by atoms with Gasteiger partial charge in [0.1, 0.15) is 36.3 Å². The Balaban J connectivity index is 1.06. The lowest BCUT2D eigenvalue weighted by Gasteiger charge is -2.42. The molecule has 1 saturated heterocycles. The number of fused-ring (bicyclic) bond motifs is 1. The number of aldehydes is 1. The molecule has 1 aromatic heterocycles. The Hall–Kier alpha value is -4.68. The fourth-order valence-electron chi connectivity index (χ4n) is 8.02. The van der Waals surface area contributed by atoms with E-state index < -0.39 is 6.04 Å². The second-order valence-electron chi connectivity index (χ2n) is 13.7. The molecule has 2 aromatic carbocycles. The number of amides is 1. The molecule has 1 aliphatic carbocycles. The summed E-state index contributed by atoms with van der Waals surface area (Å²) >= 11 is 6.08. The molecule has 6 rings (SSSR count). The van der Waals surface area contributed by atoms with Gasteiger partial charge in [-0.2, -0.15) is 5.10 Å². The Labute approximate surface area is 304 Å². The van der Waals surface area contributed by atoms with Crippen LogP contribution >= 0.6 is 11.6 Å². The average Bonchev–Trinajstić information content (AvgIpc) is 3.64. The smallest absolute Gasteiger partial charge is 0.242 e. The summed E-state index contributed by atoms with van der Waals surface area (Å²) in [5, 5.41) is 18.0. The van der Waals surface area contributed by atoms with Gasteiger partial charge >= 0.3 is 0 Å². The number of allylic oxidation sites excluding steroid dienone is 2. The number of carbonyl (C=O) groups is 2. The summed E-state index contributed by atoms with van der Waals surface area (Å²) in [6, 6.07) is 11.7. The molecular formula is C38H49ClN8O4. The molecule has 272 valence electrons. The zero-order chi connectivity index (χ0) is 36.1. The van der Waals surface area contributed by atoms with E-state index in [9.17, 15) is 14.7 Å². The topological polar surface area (TPSA) is 178 Å². The molecule has 0 radical (unpaired) electrons. The predicted molar refractivity (Wildman–Crippen MR) is 200 cm³/mol. The van der Waals surface area contributed by atoms with E-state index in [0.717, 1.165) is 74.9 Å². The maximum Gasteiger partial charge on any atom is 0.242 e. The van der Waals surface area contributed by atoms with Gasteiger partial charge in [-0.1, -0.05) is 29.8 Å². The van der Waals surface area contributed by atoms with Gasteiger partial charge in [0.25, 0.3) is 0 Å². The van der Waals surface area contributed by atoms with Crippen molar-refractivity contribution in [3.05, 3.63) is 82.4 Å². The lowest BCUT2D eigenvalue weighted by Crippen LogP contribution is -2.49. The number of piperidine rings is 1. The summed E-state index contributed by atoms with van der Waals surface area (Å²) in [7, 11) is 1.64. The first-order chi connectivity index (χ1) is 24.7. The van der Waals surface area contributed by atoms with E-state index in [0.29, 0.717) is 49.1 Å². The molecule has 13 heteroatoms. The minimum atomic E-state index is -0.409. The summed E-state index contributed by atoms with van der Waals surface area (Å²) in [6.07, 6.45) is 13.4. The monoisotopic (exact) mass is 716 g/mol. The first kappa shape index (κ1) is 36.1. The fourth-order valence-corrected chi connectivity index (χ4v) is 8.19. The van der Waals surface area contributed by atoms with Crippen LogP contribution in [0.4, 0.5) is 5.69 Å². The standard InChI is InChI=1S/C38H49ClN8O4/c1-43-38(50)34(9-4-19-48)46-18-20-51-36-28(5-3-8-33(36)46)24-10-12-26(13-11-24)45-16-14-27(15-17-45)47-23-25(22-44-47)30(37(41)42)21-32(40)29-6-2-7-31(39)35(29)49/h2-3,5-8,19,21-24,26-27,34,49H,4,9-18,20,40-42H2,1H3,(H,43,50)/b32-21-/t24-,26+,34?. The molecule has 3 aromatic rings. The number of anilines is 1. The van der Waals surface area contributed by atoms with Crippen molar-refractivity contribution in [2.75, 3.05) is 38.2 Å². The number of hydrogen-bond donors (Lipinski definition) is 5. The van der Waals surface area contributed by atoms with Crippen LogP contribution in [0, 0.1) is 0 Å². The Bertz CT molecular complexity index is 1770. The van der Waals surface area contributed by atoms with Crippen LogP contribution in [0.3, 0.4) is 0 Å². The number of carbonyl (C=O) groups excluding carboxylic acids is 2. The summed E-state index contributed by atoms with van der Waals surface area (Å²) < 4.78 is 8.28. The molecule has 1 unspecified atom stereocenters. The van der Waals surface area contributed by atoms with Crippen molar-refractivity contribution in [1.29, 1.82) is 0 Å². The third-order valence-corrected chi connectivity index (χ3v) is 11.0. The fraction of sp³-hybridized carbons (Fsp3) is 0.447. The van der Waals surface area contributed by atoms with Crippen molar-refractivity contribution in [3.63, 3.8) is 0 Å². The van der Waals surface area contributed by atoms with Crippen LogP contribution in [0.5, 0.6) is 11.5 Å². The molecule has 2 aliphatic heterocycles. The summed E-state index contributed by atoms with van der Waals surface area (Å²) in [5.41, 5.74) is 22.6. The normalized spacial score (nSPS) is 20.6. The number of aromatic hydroxyl groups is 1. The number of ether oxygens (including phenoxy) is 1. The number of rotatable bonds is 11. The van der Waals surface area contributed by atoms with Crippen LogP contribution in [0.1, 0.15) is 80.0 Å². The van der Waals surface area contributed by atoms with E-state index in [4.69, 9.17) is 33.5 Å². The van der Waals surface area contributed by atoms with E-state index in [1.54, 1.807) is 37.5 Å². The number of phenolic OH excluding ortho intramolecular Hbond substituents is 1. The highest BCUT2D eigenvalue weighted by Gasteiger charge is 2.35. The van der Waals surface area contributed by atoms with Gasteiger partial charge in [-0.05, 0) is 80.7 Å². The lowest BCUT2D eigenvalue weighted by molar-refractivity contribution is -0.122. The van der Waals surface area contributed by atoms with Crippen LogP contribution in [-0.4, -0.2) is 77.4 Å². The molecule has 0 bridgehead atoms. The number of benzene rings is 2. The number of aromatic nitrogens is 2. The van der Waals surface area contributed by atoms with E-state index in [1.807, 2.05) is 16.9 Å². The first-order valence-corrected chi connectivity index (χ1v) is 18.2. The lowest BCUT2D eigenvalue weighted by atomic mass is 9.80. The number of hydrogen-bond acceptors (Lipinski definition) is 10. The Morgan fingerprint density at radius 1 is 1.06 bits per heavy atom. The number of nitrogens with zero attached hydrogens (tertiary/aromatic N) is 4. The van der Waals surface area contributed by atoms with Gasteiger partial charge in [-0.3, -0.25) is 9.48 Å². The zero-order valence-electron chi connectivity index (χ0n) is 29.1. The molecule has 0 spiro atoms. The number of para-hydroxylation sites is 2. The quantitative estimate of drug-likeness (QED) is 0.140. The maximum atomic E-state index is 12.8. The van der Waals surface area contributed by atoms with Gasteiger partial charge in [0.15, 0.2) is 0 Å². The Kier molecular flexibility index (Phi) is 11.4. The van der Waals surface area contributed by atoms with Crippen molar-refractivity contribution < 1.29 is 19.4 Å².